The van der Waals surface area contributed by atoms with Crippen molar-refractivity contribution in [1.82, 2.24) is 0 Å². The number of unbranched alkanes of at least 4 members (excludes halogenated alkanes) is 1. The van der Waals surface area contributed by atoms with Crippen LogP contribution in [0.15, 0.2) is 52.3 Å². The summed E-state index contributed by atoms with van der Waals surface area (Å²) in [7, 11) is -3.83. The van der Waals surface area contributed by atoms with E-state index in [1.807, 2.05) is 19.9 Å². The molecule has 8 nitrogen and oxygen atoms in total. The second kappa shape index (κ2) is 11.5. The summed E-state index contributed by atoms with van der Waals surface area (Å²) in [5.74, 6) is -1.12. The molecule has 0 saturated carbocycles. The molecule has 0 N–H and O–H groups in total. The Morgan fingerprint density at radius 3 is 2.36 bits per heavy atom. The van der Waals surface area contributed by atoms with E-state index in [4.69, 9.17) is 9.47 Å². The number of rotatable bonds is 10. The first kappa shape index (κ1) is 27.7. The zero-order chi connectivity index (χ0) is 26.5. The van der Waals surface area contributed by atoms with Gasteiger partial charge in [0.2, 0.25) is 11.0 Å². The number of ether oxygens (including phenoxy) is 2. The summed E-state index contributed by atoms with van der Waals surface area (Å²) < 4.78 is 35.9. The molecule has 10 heteroatoms. The Balaban J connectivity index is 2.26. The van der Waals surface area contributed by atoms with E-state index >= 15 is 0 Å². The molecule has 36 heavy (non-hydrogen) atoms. The summed E-state index contributed by atoms with van der Waals surface area (Å²) in [6.07, 6.45) is 3.21. The third kappa shape index (κ3) is 5.59. The number of benzene rings is 2. The molecular weight excluding hydrogens is 502 g/mol. The van der Waals surface area contributed by atoms with Crippen LogP contribution in [0.25, 0.3) is 0 Å². The maximum atomic E-state index is 14.2. The predicted octanol–water partition coefficient (Wildman–Crippen LogP) is 4.92. The van der Waals surface area contributed by atoms with Crippen molar-refractivity contribution in [3.63, 3.8) is 0 Å². The molecule has 1 aliphatic heterocycles. The zero-order valence-electron chi connectivity index (χ0n) is 20.9. The van der Waals surface area contributed by atoms with Gasteiger partial charge in [-0.1, -0.05) is 44.9 Å². The minimum atomic E-state index is -3.83. The Hall–Kier alpha value is -2.85. The van der Waals surface area contributed by atoms with E-state index in [-0.39, 0.29) is 34.0 Å². The van der Waals surface area contributed by atoms with Crippen LogP contribution in [-0.4, -0.2) is 44.9 Å². The van der Waals surface area contributed by atoms with Gasteiger partial charge >= 0.3 is 5.97 Å². The van der Waals surface area contributed by atoms with Crippen LogP contribution in [0.4, 0.5) is 11.4 Å². The van der Waals surface area contributed by atoms with Crippen molar-refractivity contribution in [3.05, 3.63) is 42.5 Å². The third-order valence-electron chi connectivity index (χ3n) is 6.10. The van der Waals surface area contributed by atoms with Crippen molar-refractivity contribution in [1.29, 1.82) is 0 Å². The van der Waals surface area contributed by atoms with Crippen molar-refractivity contribution >= 4 is 50.0 Å². The van der Waals surface area contributed by atoms with Gasteiger partial charge < -0.3 is 9.47 Å². The van der Waals surface area contributed by atoms with Crippen LogP contribution in [0.3, 0.4) is 0 Å². The van der Waals surface area contributed by atoms with E-state index in [0.717, 1.165) is 24.4 Å². The molecular formula is C26H31NO7S2. The number of sulfone groups is 1. The summed E-state index contributed by atoms with van der Waals surface area (Å²) in [5.41, 5.74) is -0.472. The summed E-state index contributed by atoms with van der Waals surface area (Å²) in [6.45, 7) is 5.13. The monoisotopic (exact) mass is 533 g/mol. The second-order valence-electron chi connectivity index (χ2n) is 8.54. The van der Waals surface area contributed by atoms with Gasteiger partial charge in [0.15, 0.2) is 16.4 Å². The predicted molar refractivity (Wildman–Crippen MR) is 138 cm³/mol. The number of para-hydroxylation sites is 1. The van der Waals surface area contributed by atoms with Crippen LogP contribution in [0.5, 0.6) is 5.75 Å². The van der Waals surface area contributed by atoms with Gasteiger partial charge in [-0.25, -0.2) is 13.2 Å². The molecule has 2 aromatic carbocycles. The van der Waals surface area contributed by atoms with Crippen molar-refractivity contribution in [2.75, 3.05) is 24.4 Å². The number of carbonyl (C=O) groups excluding carboxylic acids is 3. The van der Waals surface area contributed by atoms with Crippen molar-refractivity contribution in [3.8, 4) is 5.75 Å². The molecule has 194 valence electrons. The highest BCUT2D eigenvalue weighted by molar-refractivity contribution is 8.14. The number of carbonyl (C=O) groups is 3. The number of esters is 1. The lowest BCUT2D eigenvalue weighted by molar-refractivity contribution is -0.145. The SMILES string of the molecule is CCCCC1(CC)C(=O)Sc2cc(OCC(=O)OCC)c(S(C)(=O)=O)cc2N(c2ccccc2)C1=O. The van der Waals surface area contributed by atoms with Crippen LogP contribution >= 0.6 is 11.8 Å². The van der Waals surface area contributed by atoms with Gasteiger partial charge in [0.05, 0.1) is 12.3 Å². The minimum Gasteiger partial charge on any atom is -0.480 e. The fraction of sp³-hybridized carbons (Fsp3) is 0.423. The van der Waals surface area contributed by atoms with E-state index in [2.05, 4.69) is 0 Å². The molecule has 2 aromatic rings. The average molecular weight is 534 g/mol. The molecule has 1 heterocycles. The van der Waals surface area contributed by atoms with E-state index in [1.54, 1.807) is 31.2 Å². The van der Waals surface area contributed by atoms with Crippen LogP contribution < -0.4 is 9.64 Å². The molecule has 0 aromatic heterocycles. The van der Waals surface area contributed by atoms with Gasteiger partial charge in [-0.3, -0.25) is 14.5 Å². The van der Waals surface area contributed by atoms with Gasteiger partial charge in [-0.15, -0.1) is 0 Å². The third-order valence-corrected chi connectivity index (χ3v) is 8.34. The summed E-state index contributed by atoms with van der Waals surface area (Å²) in [5, 5.41) is -0.299. The van der Waals surface area contributed by atoms with E-state index in [1.165, 1.54) is 17.0 Å². The highest BCUT2D eigenvalue weighted by atomic mass is 32.2. The highest BCUT2D eigenvalue weighted by Gasteiger charge is 2.50. The Labute approximate surface area is 216 Å². The van der Waals surface area contributed by atoms with Gasteiger partial charge in [-0.05, 0) is 55.8 Å². The molecule has 0 radical (unpaired) electrons. The first-order valence-corrected chi connectivity index (χ1v) is 14.6. The number of fused-ring (bicyclic) bond motifs is 1. The number of hydrogen-bond acceptors (Lipinski definition) is 8. The normalized spacial score (nSPS) is 17.9. The Kier molecular flexibility index (Phi) is 8.84. The smallest absolute Gasteiger partial charge is 0.344 e. The first-order valence-electron chi connectivity index (χ1n) is 11.9. The van der Waals surface area contributed by atoms with Crippen molar-refractivity contribution < 1.29 is 32.3 Å². The lowest BCUT2D eigenvalue weighted by Crippen LogP contribution is -2.44. The number of nitrogens with zero attached hydrogens (tertiary/aromatic N) is 1. The molecule has 0 saturated heterocycles. The summed E-state index contributed by atoms with van der Waals surface area (Å²) in [6, 6.07) is 11.6. The summed E-state index contributed by atoms with van der Waals surface area (Å²) in [4.78, 5) is 41.3. The van der Waals surface area contributed by atoms with E-state index in [9.17, 15) is 22.8 Å². The number of amides is 1. The highest BCUT2D eigenvalue weighted by Crippen LogP contribution is 2.50. The Bertz CT molecular complexity index is 1240. The Morgan fingerprint density at radius 2 is 1.78 bits per heavy atom. The van der Waals surface area contributed by atoms with Gasteiger partial charge in [-0.2, -0.15) is 0 Å². The lowest BCUT2D eigenvalue weighted by Gasteiger charge is -2.33. The van der Waals surface area contributed by atoms with Gasteiger partial charge in [0.25, 0.3) is 0 Å². The fourth-order valence-electron chi connectivity index (χ4n) is 4.13. The van der Waals surface area contributed by atoms with Crippen LogP contribution in [-0.2, 0) is 29.0 Å². The number of thioether (sulfide) groups is 1. The van der Waals surface area contributed by atoms with Gasteiger partial charge in [0, 0.05) is 16.8 Å². The molecule has 0 bridgehead atoms. The van der Waals surface area contributed by atoms with E-state index < -0.39 is 27.8 Å². The fourth-order valence-corrected chi connectivity index (χ4v) is 6.09. The van der Waals surface area contributed by atoms with E-state index in [0.29, 0.717) is 29.8 Å². The molecule has 1 unspecified atom stereocenters. The zero-order valence-corrected chi connectivity index (χ0v) is 22.5. The standard InChI is InChI=1S/C26H31NO7S2/c1-5-8-14-26(6-2)24(29)27(18-12-10-9-11-13-18)19-15-22(36(4,31)32)20(16-21(19)35-25(26)30)34-17-23(28)33-7-3/h9-13,15-16H,5-8,14,17H2,1-4H3. The maximum absolute atomic E-state index is 14.2. The molecule has 1 aliphatic rings. The minimum absolute atomic E-state index is 0.0809. The number of hydrogen-bond donors (Lipinski definition) is 0. The molecule has 0 aliphatic carbocycles. The van der Waals surface area contributed by atoms with Crippen molar-refractivity contribution in [2.24, 2.45) is 5.41 Å². The van der Waals surface area contributed by atoms with Crippen LogP contribution in [0.2, 0.25) is 0 Å². The largest absolute Gasteiger partial charge is 0.480 e. The van der Waals surface area contributed by atoms with Crippen LogP contribution in [0.1, 0.15) is 46.5 Å². The molecule has 3 rings (SSSR count). The second-order valence-corrected chi connectivity index (χ2v) is 11.5. The molecule has 1 amide bonds. The quantitative estimate of drug-likeness (QED) is 0.313. The Morgan fingerprint density at radius 1 is 1.08 bits per heavy atom. The topological polar surface area (TPSA) is 107 Å². The lowest BCUT2D eigenvalue weighted by atomic mass is 9.79. The molecule has 0 spiro atoms. The number of anilines is 2. The first-order chi connectivity index (χ1) is 17.1. The average Bonchev–Trinajstić information content (AvgIpc) is 2.92. The molecule has 0 fully saturated rings. The summed E-state index contributed by atoms with van der Waals surface area (Å²) >= 11 is 0.902. The van der Waals surface area contributed by atoms with Crippen molar-refractivity contribution in [2.45, 2.75) is 56.2 Å². The van der Waals surface area contributed by atoms with Crippen LogP contribution in [0, 0.1) is 5.41 Å². The maximum Gasteiger partial charge on any atom is 0.344 e. The van der Waals surface area contributed by atoms with Gasteiger partial charge in [0.1, 0.15) is 16.1 Å². The molecule has 1 atom stereocenters.